The predicted molar refractivity (Wildman–Crippen MR) is 100 cm³/mol. The van der Waals surface area contributed by atoms with Gasteiger partial charge in [-0.05, 0) is 42.4 Å². The summed E-state index contributed by atoms with van der Waals surface area (Å²) in [6.07, 6.45) is 2.59. The van der Waals surface area contributed by atoms with E-state index in [4.69, 9.17) is 4.74 Å². The van der Waals surface area contributed by atoms with E-state index in [1.807, 2.05) is 29.2 Å². The van der Waals surface area contributed by atoms with Gasteiger partial charge in [0.05, 0.1) is 6.61 Å². The van der Waals surface area contributed by atoms with Gasteiger partial charge in [-0.2, -0.15) is 0 Å². The van der Waals surface area contributed by atoms with Gasteiger partial charge in [-0.3, -0.25) is 4.79 Å². The van der Waals surface area contributed by atoms with Crippen LogP contribution in [0.5, 0.6) is 0 Å². The molecule has 1 amide bonds. The minimum absolute atomic E-state index is 0.0165. The van der Waals surface area contributed by atoms with Crippen molar-refractivity contribution in [2.24, 2.45) is 5.92 Å². The Morgan fingerprint density at radius 1 is 1.12 bits per heavy atom. The molecule has 3 nitrogen and oxygen atoms in total. The zero-order valence-corrected chi connectivity index (χ0v) is 15.2. The molecule has 2 aromatic rings. The minimum Gasteiger partial charge on any atom is -0.383 e. The maximum Gasteiger partial charge on any atom is 0.226 e. The lowest BCUT2D eigenvalue weighted by molar-refractivity contribution is -0.133. The molecule has 0 aromatic heterocycles. The van der Waals surface area contributed by atoms with Crippen molar-refractivity contribution in [3.05, 3.63) is 71.5 Å². The van der Waals surface area contributed by atoms with Crippen molar-refractivity contribution in [1.82, 2.24) is 4.90 Å². The Morgan fingerprint density at radius 2 is 1.85 bits per heavy atom. The van der Waals surface area contributed by atoms with Crippen molar-refractivity contribution in [2.75, 3.05) is 26.8 Å². The average Bonchev–Trinajstić information content (AvgIpc) is 3.46. The van der Waals surface area contributed by atoms with E-state index in [-0.39, 0.29) is 23.6 Å². The van der Waals surface area contributed by atoms with E-state index < -0.39 is 0 Å². The summed E-state index contributed by atoms with van der Waals surface area (Å²) in [5.74, 6) is -0.160. The number of carbonyl (C=O) groups is 1. The topological polar surface area (TPSA) is 29.5 Å². The third-order valence-electron chi connectivity index (χ3n) is 5.03. The van der Waals surface area contributed by atoms with Crippen LogP contribution in [-0.4, -0.2) is 37.6 Å². The Morgan fingerprint density at radius 3 is 2.58 bits per heavy atom. The van der Waals surface area contributed by atoms with Crippen molar-refractivity contribution in [3.63, 3.8) is 0 Å². The van der Waals surface area contributed by atoms with Crippen molar-refractivity contribution in [3.8, 4) is 0 Å². The molecule has 1 fully saturated rings. The first-order chi connectivity index (χ1) is 12.7. The number of methoxy groups -OCH3 is 1. The molecular formula is C22H26FNO2. The Labute approximate surface area is 154 Å². The molecule has 2 unspecified atom stereocenters. The number of amides is 1. The fourth-order valence-electron chi connectivity index (χ4n) is 3.47. The Hall–Kier alpha value is -2.20. The van der Waals surface area contributed by atoms with Crippen LogP contribution >= 0.6 is 0 Å². The molecule has 2 aromatic carbocycles. The molecule has 1 aliphatic rings. The summed E-state index contributed by atoms with van der Waals surface area (Å²) in [7, 11) is 1.64. The van der Waals surface area contributed by atoms with Crippen molar-refractivity contribution < 1.29 is 13.9 Å². The summed E-state index contributed by atoms with van der Waals surface area (Å²) in [6, 6.07) is 17.1. The van der Waals surface area contributed by atoms with E-state index in [1.54, 1.807) is 19.2 Å². The molecule has 3 rings (SSSR count). The number of hydrogen-bond donors (Lipinski definition) is 0. The monoisotopic (exact) mass is 355 g/mol. The SMILES string of the molecule is COCCN(CCCc1ccccc1)C(=O)C1CC1c1ccccc1F. The second-order valence-electron chi connectivity index (χ2n) is 6.88. The van der Waals surface area contributed by atoms with Crippen molar-refractivity contribution in [2.45, 2.75) is 25.2 Å². The smallest absolute Gasteiger partial charge is 0.226 e. The van der Waals surface area contributed by atoms with E-state index in [0.717, 1.165) is 19.3 Å². The molecule has 0 radical (unpaired) electrons. The Bertz CT molecular complexity index is 719. The van der Waals surface area contributed by atoms with Gasteiger partial charge < -0.3 is 9.64 Å². The normalized spacial score (nSPS) is 18.5. The van der Waals surface area contributed by atoms with Gasteiger partial charge in [0, 0.05) is 26.1 Å². The van der Waals surface area contributed by atoms with E-state index in [2.05, 4.69) is 12.1 Å². The number of carbonyl (C=O) groups excluding carboxylic acids is 1. The molecule has 1 aliphatic carbocycles. The number of halogens is 1. The minimum atomic E-state index is -0.208. The number of nitrogens with zero attached hydrogens (tertiary/aromatic N) is 1. The summed E-state index contributed by atoms with van der Waals surface area (Å²) >= 11 is 0. The first-order valence-electron chi connectivity index (χ1n) is 9.26. The van der Waals surface area contributed by atoms with Gasteiger partial charge >= 0.3 is 0 Å². The fourth-order valence-corrected chi connectivity index (χ4v) is 3.47. The molecular weight excluding hydrogens is 329 g/mol. The summed E-state index contributed by atoms with van der Waals surface area (Å²) in [6.45, 7) is 1.82. The molecule has 4 heteroatoms. The second-order valence-corrected chi connectivity index (χ2v) is 6.88. The lowest BCUT2D eigenvalue weighted by Crippen LogP contribution is -2.36. The zero-order valence-electron chi connectivity index (χ0n) is 15.2. The highest BCUT2D eigenvalue weighted by Gasteiger charge is 2.46. The standard InChI is InChI=1S/C22H26FNO2/c1-26-15-14-24(13-7-10-17-8-3-2-4-9-17)22(25)20-16-19(20)18-11-5-6-12-21(18)23/h2-6,8-9,11-12,19-20H,7,10,13-16H2,1H3. The second kappa shape index (κ2) is 8.95. The number of hydrogen-bond acceptors (Lipinski definition) is 2. The van der Waals surface area contributed by atoms with Crippen LogP contribution in [0.2, 0.25) is 0 Å². The number of ether oxygens (including phenoxy) is 1. The molecule has 0 N–H and O–H groups in total. The van der Waals surface area contributed by atoms with Crippen LogP contribution in [-0.2, 0) is 16.0 Å². The molecule has 138 valence electrons. The van der Waals surface area contributed by atoms with Gasteiger partial charge in [0.15, 0.2) is 0 Å². The highest BCUT2D eigenvalue weighted by molar-refractivity contribution is 5.83. The van der Waals surface area contributed by atoms with Crippen LogP contribution in [0.3, 0.4) is 0 Å². The van der Waals surface area contributed by atoms with Gasteiger partial charge in [-0.25, -0.2) is 4.39 Å². The number of benzene rings is 2. The van der Waals surface area contributed by atoms with E-state index in [0.29, 0.717) is 25.3 Å². The van der Waals surface area contributed by atoms with E-state index in [9.17, 15) is 9.18 Å². The van der Waals surface area contributed by atoms with Crippen LogP contribution in [0.1, 0.15) is 29.9 Å². The quantitative estimate of drug-likeness (QED) is 0.679. The zero-order chi connectivity index (χ0) is 18.4. The third-order valence-corrected chi connectivity index (χ3v) is 5.03. The van der Waals surface area contributed by atoms with Crippen LogP contribution in [0.4, 0.5) is 4.39 Å². The number of aryl methyl sites for hydroxylation is 1. The van der Waals surface area contributed by atoms with Crippen molar-refractivity contribution in [1.29, 1.82) is 0 Å². The summed E-state index contributed by atoms with van der Waals surface area (Å²) in [5, 5.41) is 0. The van der Waals surface area contributed by atoms with Gasteiger partial charge in [0.25, 0.3) is 0 Å². The van der Waals surface area contributed by atoms with Crippen LogP contribution < -0.4 is 0 Å². The molecule has 0 spiro atoms. The summed E-state index contributed by atoms with van der Waals surface area (Å²) in [4.78, 5) is 14.8. The fraction of sp³-hybridized carbons (Fsp3) is 0.409. The Kier molecular flexibility index (Phi) is 6.40. The van der Waals surface area contributed by atoms with E-state index in [1.165, 1.54) is 11.6 Å². The van der Waals surface area contributed by atoms with Crippen molar-refractivity contribution >= 4 is 5.91 Å². The largest absolute Gasteiger partial charge is 0.383 e. The van der Waals surface area contributed by atoms with Crippen LogP contribution in [0.15, 0.2) is 54.6 Å². The maximum absolute atomic E-state index is 14.0. The number of rotatable bonds is 9. The molecule has 2 atom stereocenters. The van der Waals surface area contributed by atoms with Gasteiger partial charge in [-0.1, -0.05) is 48.5 Å². The molecule has 26 heavy (non-hydrogen) atoms. The first kappa shape index (κ1) is 18.6. The average molecular weight is 355 g/mol. The van der Waals surface area contributed by atoms with Gasteiger partial charge in [-0.15, -0.1) is 0 Å². The predicted octanol–water partition coefficient (Wildman–Crippen LogP) is 4.04. The van der Waals surface area contributed by atoms with E-state index >= 15 is 0 Å². The highest BCUT2D eigenvalue weighted by Crippen LogP contribution is 2.49. The highest BCUT2D eigenvalue weighted by atomic mass is 19.1. The van der Waals surface area contributed by atoms with Crippen LogP contribution in [0, 0.1) is 11.7 Å². The molecule has 0 bridgehead atoms. The molecule has 1 saturated carbocycles. The molecule has 0 heterocycles. The first-order valence-corrected chi connectivity index (χ1v) is 9.26. The Balaban J connectivity index is 1.57. The molecule has 0 saturated heterocycles. The molecule has 0 aliphatic heterocycles. The lowest BCUT2D eigenvalue weighted by Gasteiger charge is -2.23. The van der Waals surface area contributed by atoms with Gasteiger partial charge in [0.2, 0.25) is 5.91 Å². The summed E-state index contributed by atoms with van der Waals surface area (Å²) < 4.78 is 19.1. The van der Waals surface area contributed by atoms with Gasteiger partial charge in [0.1, 0.15) is 5.82 Å². The summed E-state index contributed by atoms with van der Waals surface area (Å²) in [5.41, 5.74) is 1.95. The lowest BCUT2D eigenvalue weighted by atomic mass is 10.1. The maximum atomic E-state index is 14.0. The third kappa shape index (κ3) is 4.70. The van der Waals surface area contributed by atoms with Crippen LogP contribution in [0.25, 0.3) is 0 Å².